The van der Waals surface area contributed by atoms with Crippen molar-refractivity contribution < 1.29 is 13.9 Å². The first-order chi connectivity index (χ1) is 11.6. The van der Waals surface area contributed by atoms with E-state index in [2.05, 4.69) is 9.97 Å². The number of pyridine rings is 2. The topological polar surface area (TPSA) is 70.3 Å². The smallest absolute Gasteiger partial charge is 0.217 e. The number of nitrogens with two attached hydrogens (primary N) is 1. The molecule has 1 atom stereocenters. The monoisotopic (exact) mass is 331 g/mol. The van der Waals surface area contributed by atoms with Gasteiger partial charge in [0.05, 0.1) is 30.5 Å². The van der Waals surface area contributed by atoms with Crippen LogP contribution in [0.4, 0.5) is 10.1 Å². The van der Waals surface area contributed by atoms with E-state index in [1.807, 2.05) is 26.0 Å². The molecule has 1 saturated heterocycles. The SMILES string of the molecule is CCOc1ncc(-c2cc(N)cnc2C)cc1C1(CF)CCOC1. The van der Waals surface area contributed by atoms with Crippen molar-refractivity contribution in [3.63, 3.8) is 0 Å². The lowest BCUT2D eigenvalue weighted by Crippen LogP contribution is -2.30. The molecule has 2 aromatic rings. The van der Waals surface area contributed by atoms with Crippen molar-refractivity contribution in [3.8, 4) is 17.0 Å². The van der Waals surface area contributed by atoms with Crippen LogP contribution in [0, 0.1) is 6.92 Å². The van der Waals surface area contributed by atoms with Gasteiger partial charge in [0, 0.05) is 35.2 Å². The van der Waals surface area contributed by atoms with E-state index in [4.69, 9.17) is 15.2 Å². The molecule has 3 rings (SSSR count). The average Bonchev–Trinajstić information content (AvgIpc) is 3.08. The lowest BCUT2D eigenvalue weighted by Gasteiger charge is -2.26. The predicted octanol–water partition coefficient (Wildman–Crippen LogP) is 3.06. The summed E-state index contributed by atoms with van der Waals surface area (Å²) in [4.78, 5) is 8.74. The molecule has 0 aromatic carbocycles. The molecule has 1 aliphatic rings. The molecule has 2 aromatic heterocycles. The normalized spacial score (nSPS) is 20.3. The van der Waals surface area contributed by atoms with Crippen LogP contribution >= 0.6 is 0 Å². The standard InChI is InChI=1S/C18H22FN3O2/c1-3-24-17-16(18(10-19)4-5-23-11-18)6-13(8-22-17)15-7-14(20)9-21-12(15)2/h6-9H,3-5,10-11,20H2,1-2H3. The van der Waals surface area contributed by atoms with E-state index < -0.39 is 12.1 Å². The van der Waals surface area contributed by atoms with Crippen LogP contribution in [0.25, 0.3) is 11.1 Å². The number of hydrogen-bond acceptors (Lipinski definition) is 5. The zero-order valence-electron chi connectivity index (χ0n) is 14.0. The molecule has 24 heavy (non-hydrogen) atoms. The number of aromatic nitrogens is 2. The number of nitrogen functional groups attached to an aromatic ring is 1. The minimum Gasteiger partial charge on any atom is -0.478 e. The summed E-state index contributed by atoms with van der Waals surface area (Å²) in [5.41, 5.74) is 9.09. The minimum absolute atomic E-state index is 0.336. The van der Waals surface area contributed by atoms with Crippen LogP contribution in [0.3, 0.4) is 0 Å². The molecule has 3 heterocycles. The van der Waals surface area contributed by atoms with Crippen LogP contribution in [0.5, 0.6) is 5.88 Å². The molecule has 2 N–H and O–H groups in total. The van der Waals surface area contributed by atoms with Gasteiger partial charge in [0.2, 0.25) is 5.88 Å². The third-order valence-electron chi connectivity index (χ3n) is 4.48. The Balaban J connectivity index is 2.14. The summed E-state index contributed by atoms with van der Waals surface area (Å²) >= 11 is 0. The average molecular weight is 331 g/mol. The maximum Gasteiger partial charge on any atom is 0.217 e. The molecule has 0 radical (unpaired) electrons. The number of ether oxygens (including phenoxy) is 2. The van der Waals surface area contributed by atoms with Gasteiger partial charge in [0.25, 0.3) is 0 Å². The molecule has 0 aliphatic carbocycles. The van der Waals surface area contributed by atoms with Gasteiger partial charge in [0.1, 0.15) is 6.67 Å². The van der Waals surface area contributed by atoms with E-state index in [0.717, 1.165) is 22.4 Å². The Morgan fingerprint density at radius 1 is 1.33 bits per heavy atom. The lowest BCUT2D eigenvalue weighted by atomic mass is 9.80. The Morgan fingerprint density at radius 3 is 2.83 bits per heavy atom. The third-order valence-corrected chi connectivity index (χ3v) is 4.48. The molecular weight excluding hydrogens is 309 g/mol. The van der Waals surface area contributed by atoms with Crippen LogP contribution < -0.4 is 10.5 Å². The first-order valence-corrected chi connectivity index (χ1v) is 8.09. The number of aryl methyl sites for hydroxylation is 1. The second kappa shape index (κ2) is 6.73. The fourth-order valence-corrected chi connectivity index (χ4v) is 3.07. The van der Waals surface area contributed by atoms with E-state index in [1.54, 1.807) is 12.4 Å². The van der Waals surface area contributed by atoms with Crippen molar-refractivity contribution in [1.82, 2.24) is 9.97 Å². The zero-order chi connectivity index (χ0) is 17.2. The quantitative estimate of drug-likeness (QED) is 0.912. The van der Waals surface area contributed by atoms with Gasteiger partial charge in [-0.25, -0.2) is 4.98 Å². The molecule has 0 amide bonds. The molecular formula is C18H22FN3O2. The second-order valence-electron chi connectivity index (χ2n) is 6.13. The van der Waals surface area contributed by atoms with Gasteiger partial charge in [-0.05, 0) is 32.4 Å². The molecule has 6 heteroatoms. The van der Waals surface area contributed by atoms with Crippen LogP contribution in [0.1, 0.15) is 24.6 Å². The van der Waals surface area contributed by atoms with E-state index in [-0.39, 0.29) is 0 Å². The van der Waals surface area contributed by atoms with Crippen molar-refractivity contribution >= 4 is 5.69 Å². The van der Waals surface area contributed by atoms with Crippen LogP contribution in [-0.4, -0.2) is 36.5 Å². The van der Waals surface area contributed by atoms with Crippen molar-refractivity contribution in [2.75, 3.05) is 32.2 Å². The largest absolute Gasteiger partial charge is 0.478 e. The number of rotatable bonds is 5. The summed E-state index contributed by atoms with van der Waals surface area (Å²) in [6, 6.07) is 3.80. The Hall–Kier alpha value is -2.21. The number of nitrogens with zero attached hydrogens (tertiary/aromatic N) is 2. The number of halogens is 1. The summed E-state index contributed by atoms with van der Waals surface area (Å²) in [6.45, 7) is 4.64. The van der Waals surface area contributed by atoms with E-state index >= 15 is 0 Å². The minimum atomic E-state index is -0.699. The van der Waals surface area contributed by atoms with Gasteiger partial charge in [-0.2, -0.15) is 0 Å². The molecule has 128 valence electrons. The van der Waals surface area contributed by atoms with Crippen molar-refractivity contribution in [1.29, 1.82) is 0 Å². The molecule has 0 spiro atoms. The Bertz CT molecular complexity index is 730. The van der Waals surface area contributed by atoms with Gasteiger partial charge in [-0.15, -0.1) is 0 Å². The highest BCUT2D eigenvalue weighted by Crippen LogP contribution is 2.40. The van der Waals surface area contributed by atoms with E-state index in [0.29, 0.717) is 37.8 Å². The van der Waals surface area contributed by atoms with E-state index in [9.17, 15) is 4.39 Å². The predicted molar refractivity (Wildman–Crippen MR) is 90.9 cm³/mol. The molecule has 1 aliphatic heterocycles. The number of alkyl halides is 1. The highest BCUT2D eigenvalue weighted by atomic mass is 19.1. The van der Waals surface area contributed by atoms with Gasteiger partial charge in [-0.3, -0.25) is 9.37 Å². The Labute approximate surface area is 141 Å². The molecule has 0 saturated carbocycles. The van der Waals surface area contributed by atoms with Gasteiger partial charge in [0.15, 0.2) is 0 Å². The van der Waals surface area contributed by atoms with Crippen molar-refractivity contribution in [3.05, 3.63) is 35.8 Å². The first kappa shape index (κ1) is 16.6. The molecule has 0 bridgehead atoms. The van der Waals surface area contributed by atoms with Crippen LogP contribution in [0.15, 0.2) is 24.5 Å². The number of anilines is 1. The first-order valence-electron chi connectivity index (χ1n) is 8.09. The summed E-state index contributed by atoms with van der Waals surface area (Å²) in [7, 11) is 0. The fourth-order valence-electron chi connectivity index (χ4n) is 3.07. The van der Waals surface area contributed by atoms with Crippen LogP contribution in [-0.2, 0) is 10.2 Å². The molecule has 1 unspecified atom stereocenters. The van der Waals surface area contributed by atoms with E-state index in [1.165, 1.54) is 0 Å². The Kier molecular flexibility index (Phi) is 4.66. The molecule has 5 nitrogen and oxygen atoms in total. The molecule has 1 fully saturated rings. The zero-order valence-corrected chi connectivity index (χ0v) is 14.0. The fraction of sp³-hybridized carbons (Fsp3) is 0.444. The maximum absolute atomic E-state index is 13.9. The van der Waals surface area contributed by atoms with Gasteiger partial charge >= 0.3 is 0 Å². The van der Waals surface area contributed by atoms with Gasteiger partial charge < -0.3 is 15.2 Å². The number of hydrogen-bond donors (Lipinski definition) is 1. The third kappa shape index (κ3) is 2.94. The summed E-state index contributed by atoms with van der Waals surface area (Å²) in [6.07, 6.45) is 3.96. The maximum atomic E-state index is 13.9. The van der Waals surface area contributed by atoms with Gasteiger partial charge in [-0.1, -0.05) is 0 Å². The lowest BCUT2D eigenvalue weighted by molar-refractivity contribution is 0.164. The van der Waals surface area contributed by atoms with Crippen LogP contribution in [0.2, 0.25) is 0 Å². The van der Waals surface area contributed by atoms with Crippen molar-refractivity contribution in [2.45, 2.75) is 25.7 Å². The summed E-state index contributed by atoms with van der Waals surface area (Å²) in [5, 5.41) is 0. The summed E-state index contributed by atoms with van der Waals surface area (Å²) < 4.78 is 25.1. The Morgan fingerprint density at radius 2 is 2.17 bits per heavy atom. The summed E-state index contributed by atoms with van der Waals surface area (Å²) in [5.74, 6) is 0.471. The second-order valence-corrected chi connectivity index (χ2v) is 6.13. The van der Waals surface area contributed by atoms with Crippen molar-refractivity contribution in [2.24, 2.45) is 0 Å². The highest BCUT2D eigenvalue weighted by Gasteiger charge is 2.40. The highest BCUT2D eigenvalue weighted by molar-refractivity contribution is 5.69.